The highest BCUT2D eigenvalue weighted by molar-refractivity contribution is 6.04. The lowest BCUT2D eigenvalue weighted by Crippen LogP contribution is -2.36. The number of anilines is 1. The molecule has 3 heterocycles. The highest BCUT2D eigenvalue weighted by Crippen LogP contribution is 2.26. The SMILES string of the molecule is CC(C)(C)c1ccc(C(=O)Nc2[nH]nc3c2CN(C(=O)c2cnc4ccccc4n2)CC3)cc1. The minimum absolute atomic E-state index is 0.0167. The minimum Gasteiger partial charge on any atom is -0.332 e. The first kappa shape index (κ1) is 21.8. The van der Waals surface area contributed by atoms with Crippen molar-refractivity contribution in [3.8, 4) is 0 Å². The predicted molar refractivity (Wildman–Crippen MR) is 130 cm³/mol. The van der Waals surface area contributed by atoms with Crippen molar-refractivity contribution in [1.82, 2.24) is 25.1 Å². The van der Waals surface area contributed by atoms with Crippen LogP contribution in [0.25, 0.3) is 11.0 Å². The predicted octanol–water partition coefficient (Wildman–Crippen LogP) is 4.10. The van der Waals surface area contributed by atoms with E-state index < -0.39 is 0 Å². The molecule has 0 fully saturated rings. The lowest BCUT2D eigenvalue weighted by Gasteiger charge is -2.26. The van der Waals surface area contributed by atoms with Gasteiger partial charge in [0.05, 0.1) is 29.5 Å². The summed E-state index contributed by atoms with van der Waals surface area (Å²) in [5.74, 6) is 0.0953. The van der Waals surface area contributed by atoms with E-state index in [9.17, 15) is 9.59 Å². The number of carbonyl (C=O) groups excluding carboxylic acids is 2. The monoisotopic (exact) mass is 454 g/mol. The molecule has 5 rings (SSSR count). The van der Waals surface area contributed by atoms with Gasteiger partial charge in [-0.05, 0) is 35.2 Å². The third-order valence-corrected chi connectivity index (χ3v) is 6.13. The molecule has 8 heteroatoms. The van der Waals surface area contributed by atoms with Gasteiger partial charge in [-0.1, -0.05) is 45.0 Å². The molecule has 1 aliphatic heterocycles. The number of fused-ring (bicyclic) bond motifs is 2. The van der Waals surface area contributed by atoms with Crippen molar-refractivity contribution in [3.05, 3.63) is 82.8 Å². The number of hydrogen-bond acceptors (Lipinski definition) is 5. The fourth-order valence-corrected chi connectivity index (χ4v) is 4.10. The lowest BCUT2D eigenvalue weighted by atomic mass is 9.87. The maximum absolute atomic E-state index is 13.1. The van der Waals surface area contributed by atoms with Gasteiger partial charge in [-0.25, -0.2) is 4.98 Å². The third-order valence-electron chi connectivity index (χ3n) is 6.13. The average molecular weight is 455 g/mol. The fraction of sp³-hybridized carbons (Fsp3) is 0.269. The minimum atomic E-state index is -0.226. The van der Waals surface area contributed by atoms with E-state index in [0.29, 0.717) is 42.1 Å². The van der Waals surface area contributed by atoms with Crippen LogP contribution in [0.3, 0.4) is 0 Å². The maximum atomic E-state index is 13.1. The first-order valence-corrected chi connectivity index (χ1v) is 11.3. The highest BCUT2D eigenvalue weighted by atomic mass is 16.2. The number of benzene rings is 2. The summed E-state index contributed by atoms with van der Waals surface area (Å²) >= 11 is 0. The summed E-state index contributed by atoms with van der Waals surface area (Å²) in [4.78, 5) is 36.6. The van der Waals surface area contributed by atoms with E-state index in [-0.39, 0.29) is 17.2 Å². The molecule has 0 unspecified atom stereocenters. The number of para-hydroxylation sites is 2. The van der Waals surface area contributed by atoms with E-state index in [1.807, 2.05) is 48.5 Å². The van der Waals surface area contributed by atoms with Crippen LogP contribution >= 0.6 is 0 Å². The van der Waals surface area contributed by atoms with Crippen LogP contribution in [0.1, 0.15) is 58.4 Å². The number of aromatic amines is 1. The summed E-state index contributed by atoms with van der Waals surface area (Å²) in [6.45, 7) is 7.26. The molecular formula is C26H26N6O2. The molecule has 2 amide bonds. The topological polar surface area (TPSA) is 104 Å². The molecule has 1 aliphatic rings. The molecule has 2 N–H and O–H groups in total. The normalized spacial score (nSPS) is 13.6. The van der Waals surface area contributed by atoms with E-state index in [1.165, 1.54) is 6.20 Å². The second-order valence-electron chi connectivity index (χ2n) is 9.53. The van der Waals surface area contributed by atoms with Crippen molar-refractivity contribution in [2.24, 2.45) is 0 Å². The summed E-state index contributed by atoms with van der Waals surface area (Å²) in [6.07, 6.45) is 2.11. The lowest BCUT2D eigenvalue weighted by molar-refractivity contribution is 0.0728. The van der Waals surface area contributed by atoms with Gasteiger partial charge < -0.3 is 10.2 Å². The Morgan fingerprint density at radius 2 is 1.76 bits per heavy atom. The molecule has 0 aliphatic carbocycles. The Morgan fingerprint density at radius 1 is 1.03 bits per heavy atom. The molecule has 0 saturated heterocycles. The van der Waals surface area contributed by atoms with Gasteiger partial charge in [0.2, 0.25) is 0 Å². The zero-order valence-electron chi connectivity index (χ0n) is 19.4. The molecule has 8 nitrogen and oxygen atoms in total. The largest absolute Gasteiger partial charge is 0.332 e. The van der Waals surface area contributed by atoms with Crippen LogP contribution in [0.5, 0.6) is 0 Å². The second kappa shape index (κ2) is 8.37. The molecule has 2 aromatic heterocycles. The van der Waals surface area contributed by atoms with E-state index in [2.05, 4.69) is 46.3 Å². The number of amides is 2. The van der Waals surface area contributed by atoms with Gasteiger partial charge in [0.1, 0.15) is 11.5 Å². The third kappa shape index (κ3) is 4.14. The van der Waals surface area contributed by atoms with E-state index in [0.717, 1.165) is 22.3 Å². The Kier molecular flexibility index (Phi) is 5.36. The number of carbonyl (C=O) groups is 2. The van der Waals surface area contributed by atoms with Crippen molar-refractivity contribution in [3.63, 3.8) is 0 Å². The van der Waals surface area contributed by atoms with Gasteiger partial charge in [-0.15, -0.1) is 0 Å². The number of H-pyrrole nitrogens is 1. The van der Waals surface area contributed by atoms with Crippen molar-refractivity contribution < 1.29 is 9.59 Å². The van der Waals surface area contributed by atoms with Crippen molar-refractivity contribution in [2.75, 3.05) is 11.9 Å². The van der Waals surface area contributed by atoms with Crippen molar-refractivity contribution in [1.29, 1.82) is 0 Å². The number of rotatable bonds is 3. The molecule has 0 spiro atoms. The quantitative estimate of drug-likeness (QED) is 0.485. The van der Waals surface area contributed by atoms with E-state index in [1.54, 1.807) is 4.90 Å². The van der Waals surface area contributed by atoms with Crippen LogP contribution in [0.2, 0.25) is 0 Å². The summed E-state index contributed by atoms with van der Waals surface area (Å²) in [7, 11) is 0. The maximum Gasteiger partial charge on any atom is 0.274 e. The Hall–Kier alpha value is -4.07. The van der Waals surface area contributed by atoms with Gasteiger partial charge in [-0.3, -0.25) is 19.7 Å². The van der Waals surface area contributed by atoms with Gasteiger partial charge in [-0.2, -0.15) is 5.10 Å². The summed E-state index contributed by atoms with van der Waals surface area (Å²) in [5, 5.41) is 10.2. The molecule has 0 radical (unpaired) electrons. The molecule has 172 valence electrons. The Bertz CT molecular complexity index is 1380. The summed E-state index contributed by atoms with van der Waals surface area (Å²) in [6, 6.07) is 15.1. The second-order valence-corrected chi connectivity index (χ2v) is 9.53. The van der Waals surface area contributed by atoms with Crippen LogP contribution in [0.15, 0.2) is 54.7 Å². The van der Waals surface area contributed by atoms with Crippen molar-refractivity contribution >= 4 is 28.7 Å². The van der Waals surface area contributed by atoms with Gasteiger partial charge in [0.25, 0.3) is 11.8 Å². The zero-order chi connectivity index (χ0) is 23.9. The molecule has 2 aromatic carbocycles. The zero-order valence-corrected chi connectivity index (χ0v) is 19.4. The van der Waals surface area contributed by atoms with Crippen LogP contribution in [-0.2, 0) is 18.4 Å². The molecule has 34 heavy (non-hydrogen) atoms. The van der Waals surface area contributed by atoms with Crippen molar-refractivity contribution in [2.45, 2.75) is 39.2 Å². The first-order valence-electron chi connectivity index (χ1n) is 11.3. The molecule has 0 bridgehead atoms. The number of hydrogen-bond donors (Lipinski definition) is 2. The molecule has 0 saturated carbocycles. The number of nitrogens with zero attached hydrogens (tertiary/aromatic N) is 4. The van der Waals surface area contributed by atoms with Crippen LogP contribution in [0, 0.1) is 0 Å². The Balaban J connectivity index is 1.33. The standard InChI is InChI=1S/C26H26N6O2/c1-26(2,3)17-10-8-16(9-11-17)24(33)29-23-18-15-32(13-12-19(18)30-31-23)25(34)22-14-27-20-6-4-5-7-21(20)28-22/h4-11,14H,12-13,15H2,1-3H3,(H2,29,30,31,33). The van der Waals surface area contributed by atoms with Gasteiger partial charge in [0, 0.05) is 24.1 Å². The number of aromatic nitrogens is 4. The van der Waals surface area contributed by atoms with Crippen LogP contribution in [-0.4, -0.2) is 43.4 Å². The van der Waals surface area contributed by atoms with Gasteiger partial charge in [0.15, 0.2) is 0 Å². The first-order chi connectivity index (χ1) is 16.3. The van der Waals surface area contributed by atoms with Crippen LogP contribution < -0.4 is 5.32 Å². The molecule has 0 atom stereocenters. The fourth-order valence-electron chi connectivity index (χ4n) is 4.10. The Labute approximate surface area is 197 Å². The average Bonchev–Trinajstić information content (AvgIpc) is 3.24. The highest BCUT2D eigenvalue weighted by Gasteiger charge is 2.28. The summed E-state index contributed by atoms with van der Waals surface area (Å²) in [5.41, 5.74) is 5.13. The molecular weight excluding hydrogens is 428 g/mol. The van der Waals surface area contributed by atoms with E-state index >= 15 is 0 Å². The number of nitrogens with one attached hydrogen (secondary N) is 2. The van der Waals surface area contributed by atoms with E-state index in [4.69, 9.17) is 0 Å². The van der Waals surface area contributed by atoms with Gasteiger partial charge >= 0.3 is 0 Å². The molecule has 4 aromatic rings. The van der Waals surface area contributed by atoms with Crippen LogP contribution in [0.4, 0.5) is 5.82 Å². The Morgan fingerprint density at radius 3 is 2.50 bits per heavy atom. The smallest absolute Gasteiger partial charge is 0.274 e. The summed E-state index contributed by atoms with van der Waals surface area (Å²) < 4.78 is 0.